The molecule has 4 aromatic rings. The van der Waals surface area contributed by atoms with Gasteiger partial charge in [-0.05, 0) is 30.7 Å². The zero-order chi connectivity index (χ0) is 20.3. The molecule has 0 radical (unpaired) electrons. The second-order valence-electron chi connectivity index (χ2n) is 6.45. The SMILES string of the molecule is CC(NS(=O)(=O)c1cccc(-c2nc(Cc3ccno3)no2)c1)c1ccccc1. The Labute approximate surface area is 167 Å². The monoisotopic (exact) mass is 410 g/mol. The van der Waals surface area contributed by atoms with Gasteiger partial charge in [0.25, 0.3) is 5.89 Å². The molecule has 0 fully saturated rings. The number of hydrogen-bond donors (Lipinski definition) is 1. The minimum absolute atomic E-state index is 0.118. The lowest BCUT2D eigenvalue weighted by Crippen LogP contribution is -2.26. The van der Waals surface area contributed by atoms with E-state index >= 15 is 0 Å². The molecule has 1 atom stereocenters. The minimum atomic E-state index is -3.74. The summed E-state index contributed by atoms with van der Waals surface area (Å²) in [5.74, 6) is 1.25. The molecule has 0 aliphatic rings. The molecule has 0 bridgehead atoms. The molecule has 148 valence electrons. The molecule has 0 amide bonds. The van der Waals surface area contributed by atoms with Gasteiger partial charge in [-0.3, -0.25) is 0 Å². The van der Waals surface area contributed by atoms with Gasteiger partial charge in [0.1, 0.15) is 5.76 Å². The van der Waals surface area contributed by atoms with Crippen LogP contribution in [-0.4, -0.2) is 23.7 Å². The predicted molar refractivity (Wildman–Crippen MR) is 104 cm³/mol. The maximum atomic E-state index is 12.8. The van der Waals surface area contributed by atoms with E-state index in [1.165, 1.54) is 18.3 Å². The number of nitrogens with one attached hydrogen (secondary N) is 1. The topological polar surface area (TPSA) is 111 Å². The third kappa shape index (κ3) is 4.41. The van der Waals surface area contributed by atoms with Gasteiger partial charge in [-0.25, -0.2) is 13.1 Å². The van der Waals surface area contributed by atoms with Gasteiger partial charge < -0.3 is 9.05 Å². The maximum absolute atomic E-state index is 12.8. The molecular weight excluding hydrogens is 392 g/mol. The van der Waals surface area contributed by atoms with Crippen LogP contribution in [0, 0.1) is 0 Å². The van der Waals surface area contributed by atoms with Crippen LogP contribution >= 0.6 is 0 Å². The van der Waals surface area contributed by atoms with Crippen molar-refractivity contribution in [1.29, 1.82) is 0 Å². The molecule has 4 rings (SSSR count). The largest absolute Gasteiger partial charge is 0.361 e. The number of nitrogens with zero attached hydrogens (tertiary/aromatic N) is 3. The van der Waals surface area contributed by atoms with Crippen molar-refractivity contribution >= 4 is 10.0 Å². The van der Waals surface area contributed by atoms with Crippen LogP contribution in [0.3, 0.4) is 0 Å². The summed E-state index contributed by atoms with van der Waals surface area (Å²) in [6.07, 6.45) is 1.87. The van der Waals surface area contributed by atoms with Gasteiger partial charge in [-0.15, -0.1) is 0 Å². The Morgan fingerprint density at radius 3 is 2.62 bits per heavy atom. The molecule has 1 N–H and O–H groups in total. The summed E-state index contributed by atoms with van der Waals surface area (Å²) in [4.78, 5) is 4.42. The standard InChI is InChI=1S/C20H18N4O4S/c1-14(15-6-3-2-4-7-15)24-29(25,26)18-9-5-8-16(12-18)20-22-19(23-28-20)13-17-10-11-21-27-17/h2-12,14,24H,13H2,1H3. The van der Waals surface area contributed by atoms with Gasteiger partial charge in [-0.2, -0.15) is 4.98 Å². The summed E-state index contributed by atoms with van der Waals surface area (Å²) in [5, 5.41) is 7.54. The van der Waals surface area contributed by atoms with Crippen LogP contribution in [0.4, 0.5) is 0 Å². The summed E-state index contributed by atoms with van der Waals surface area (Å²) in [6, 6.07) is 17.1. The molecule has 0 spiro atoms. The van der Waals surface area contributed by atoms with Crippen LogP contribution in [0.1, 0.15) is 30.1 Å². The van der Waals surface area contributed by atoms with E-state index < -0.39 is 10.0 Å². The molecule has 2 aromatic carbocycles. The molecular formula is C20H18N4O4S. The summed E-state index contributed by atoms with van der Waals surface area (Å²) in [6.45, 7) is 1.80. The van der Waals surface area contributed by atoms with Crippen molar-refractivity contribution in [3.05, 3.63) is 84.0 Å². The van der Waals surface area contributed by atoms with Gasteiger partial charge in [0, 0.05) is 17.7 Å². The summed E-state index contributed by atoms with van der Waals surface area (Å²) in [7, 11) is -3.74. The zero-order valence-electron chi connectivity index (χ0n) is 15.5. The number of benzene rings is 2. The first-order valence-corrected chi connectivity index (χ1v) is 10.4. The number of aromatic nitrogens is 3. The Morgan fingerprint density at radius 2 is 1.86 bits per heavy atom. The first-order valence-electron chi connectivity index (χ1n) is 8.91. The van der Waals surface area contributed by atoms with Crippen molar-refractivity contribution in [2.24, 2.45) is 0 Å². The molecule has 2 heterocycles. The smallest absolute Gasteiger partial charge is 0.257 e. The lowest BCUT2D eigenvalue weighted by Gasteiger charge is -2.14. The molecule has 0 saturated heterocycles. The Hall–Kier alpha value is -3.30. The summed E-state index contributed by atoms with van der Waals surface area (Å²) < 4.78 is 38.6. The normalized spacial score (nSPS) is 12.7. The molecule has 0 saturated carbocycles. The Morgan fingerprint density at radius 1 is 1.03 bits per heavy atom. The van der Waals surface area contributed by atoms with E-state index in [1.807, 2.05) is 30.3 Å². The van der Waals surface area contributed by atoms with Crippen LogP contribution in [0.5, 0.6) is 0 Å². The van der Waals surface area contributed by atoms with Gasteiger partial charge in [0.05, 0.1) is 17.5 Å². The van der Waals surface area contributed by atoms with Crippen LogP contribution in [0.15, 0.2) is 80.8 Å². The quantitative estimate of drug-likeness (QED) is 0.497. The van der Waals surface area contributed by atoms with Crippen LogP contribution in [-0.2, 0) is 16.4 Å². The van der Waals surface area contributed by atoms with Crippen molar-refractivity contribution in [2.45, 2.75) is 24.3 Å². The van der Waals surface area contributed by atoms with E-state index in [0.717, 1.165) is 5.56 Å². The fourth-order valence-corrected chi connectivity index (χ4v) is 4.12. The molecule has 9 heteroatoms. The highest BCUT2D eigenvalue weighted by atomic mass is 32.2. The second kappa shape index (κ2) is 7.98. The predicted octanol–water partition coefficient (Wildman–Crippen LogP) is 3.35. The number of sulfonamides is 1. The van der Waals surface area contributed by atoms with Crippen LogP contribution in [0.25, 0.3) is 11.5 Å². The molecule has 0 aliphatic heterocycles. The van der Waals surface area contributed by atoms with Crippen LogP contribution in [0.2, 0.25) is 0 Å². The number of rotatable bonds is 7. The van der Waals surface area contributed by atoms with E-state index in [-0.39, 0.29) is 16.8 Å². The van der Waals surface area contributed by atoms with Gasteiger partial charge >= 0.3 is 0 Å². The van der Waals surface area contributed by atoms with E-state index in [1.54, 1.807) is 25.1 Å². The maximum Gasteiger partial charge on any atom is 0.257 e. The van der Waals surface area contributed by atoms with E-state index in [2.05, 4.69) is 20.0 Å². The first-order chi connectivity index (χ1) is 14.0. The first kappa shape index (κ1) is 19.0. The summed E-state index contributed by atoms with van der Waals surface area (Å²) >= 11 is 0. The van der Waals surface area contributed by atoms with Gasteiger partial charge in [0.2, 0.25) is 10.0 Å². The Kier molecular flexibility index (Phi) is 5.24. The van der Waals surface area contributed by atoms with E-state index in [9.17, 15) is 8.42 Å². The molecule has 1 unspecified atom stereocenters. The summed E-state index contributed by atoms with van der Waals surface area (Å²) in [5.41, 5.74) is 1.39. The van der Waals surface area contributed by atoms with Crippen molar-refractivity contribution in [2.75, 3.05) is 0 Å². The van der Waals surface area contributed by atoms with Gasteiger partial charge in [-0.1, -0.05) is 46.7 Å². The second-order valence-corrected chi connectivity index (χ2v) is 8.17. The van der Waals surface area contributed by atoms with Crippen molar-refractivity contribution in [1.82, 2.24) is 20.0 Å². The zero-order valence-corrected chi connectivity index (χ0v) is 16.3. The van der Waals surface area contributed by atoms with Gasteiger partial charge in [0.15, 0.2) is 5.82 Å². The average molecular weight is 410 g/mol. The van der Waals surface area contributed by atoms with Crippen molar-refractivity contribution < 1.29 is 17.5 Å². The third-order valence-corrected chi connectivity index (χ3v) is 5.85. The lowest BCUT2D eigenvalue weighted by molar-refractivity contribution is 0.382. The molecule has 8 nitrogen and oxygen atoms in total. The highest BCUT2D eigenvalue weighted by Gasteiger charge is 2.20. The molecule has 29 heavy (non-hydrogen) atoms. The highest BCUT2D eigenvalue weighted by Crippen LogP contribution is 2.23. The lowest BCUT2D eigenvalue weighted by atomic mass is 10.1. The fourth-order valence-electron chi connectivity index (χ4n) is 2.84. The number of hydrogen-bond acceptors (Lipinski definition) is 7. The Bertz CT molecular complexity index is 1190. The van der Waals surface area contributed by atoms with Crippen molar-refractivity contribution in [3.8, 4) is 11.5 Å². The van der Waals surface area contributed by atoms with E-state index in [4.69, 9.17) is 9.05 Å². The average Bonchev–Trinajstić information content (AvgIpc) is 3.41. The highest BCUT2D eigenvalue weighted by molar-refractivity contribution is 7.89. The minimum Gasteiger partial charge on any atom is -0.361 e. The van der Waals surface area contributed by atoms with Crippen LogP contribution < -0.4 is 4.72 Å². The third-order valence-electron chi connectivity index (χ3n) is 4.31. The molecule has 0 aliphatic carbocycles. The molecule has 2 aromatic heterocycles. The Balaban J connectivity index is 1.54. The van der Waals surface area contributed by atoms with Crippen molar-refractivity contribution in [3.63, 3.8) is 0 Å². The fraction of sp³-hybridized carbons (Fsp3) is 0.150. The van der Waals surface area contributed by atoms with E-state index in [0.29, 0.717) is 23.6 Å².